The van der Waals surface area contributed by atoms with Crippen molar-refractivity contribution in [1.82, 2.24) is 0 Å². The number of hydrogen-bond acceptors (Lipinski definition) is 4. The average Bonchev–Trinajstić information content (AvgIpc) is 2.46. The molecule has 1 aromatic carbocycles. The van der Waals surface area contributed by atoms with Crippen LogP contribution < -0.4 is 4.90 Å². The number of rotatable bonds is 4. The standard InChI is InChI=1S/C14H18N2O3/c1-15(12-5-3-2-4-6-12)13-8-7-11(10-17)9-14(13)16(18)19/h7-10,12H,2-6H2,1H3. The van der Waals surface area contributed by atoms with Crippen molar-refractivity contribution in [3.63, 3.8) is 0 Å². The maximum absolute atomic E-state index is 11.1. The van der Waals surface area contributed by atoms with Crippen LogP contribution in [0.1, 0.15) is 42.5 Å². The Bertz CT molecular complexity index is 482. The average molecular weight is 262 g/mol. The molecule has 102 valence electrons. The highest BCUT2D eigenvalue weighted by molar-refractivity contribution is 5.79. The minimum Gasteiger partial charge on any atom is -0.366 e. The van der Waals surface area contributed by atoms with E-state index in [4.69, 9.17) is 0 Å². The number of carbonyl (C=O) groups excluding carboxylic acids is 1. The summed E-state index contributed by atoms with van der Waals surface area (Å²) in [5, 5.41) is 11.1. The highest BCUT2D eigenvalue weighted by Crippen LogP contribution is 2.33. The van der Waals surface area contributed by atoms with Gasteiger partial charge in [-0.2, -0.15) is 0 Å². The maximum atomic E-state index is 11.1. The first kappa shape index (κ1) is 13.5. The fourth-order valence-corrected chi connectivity index (χ4v) is 2.72. The molecule has 0 bridgehead atoms. The van der Waals surface area contributed by atoms with Crippen molar-refractivity contribution in [2.24, 2.45) is 0 Å². The largest absolute Gasteiger partial charge is 0.366 e. The number of aldehydes is 1. The molecule has 19 heavy (non-hydrogen) atoms. The van der Waals surface area contributed by atoms with Crippen LogP contribution in [0.4, 0.5) is 11.4 Å². The highest BCUT2D eigenvalue weighted by atomic mass is 16.6. The smallest absolute Gasteiger partial charge is 0.293 e. The number of nitrogens with zero attached hydrogens (tertiary/aromatic N) is 2. The van der Waals surface area contributed by atoms with Gasteiger partial charge < -0.3 is 4.90 Å². The van der Waals surface area contributed by atoms with Gasteiger partial charge in [0, 0.05) is 24.7 Å². The van der Waals surface area contributed by atoms with E-state index in [2.05, 4.69) is 0 Å². The summed E-state index contributed by atoms with van der Waals surface area (Å²) in [5.74, 6) is 0. The van der Waals surface area contributed by atoms with E-state index in [0.29, 0.717) is 23.6 Å². The van der Waals surface area contributed by atoms with E-state index in [1.165, 1.54) is 25.3 Å². The van der Waals surface area contributed by atoms with Gasteiger partial charge in [-0.3, -0.25) is 14.9 Å². The Labute approximate surface area is 112 Å². The van der Waals surface area contributed by atoms with E-state index < -0.39 is 4.92 Å². The molecule has 0 atom stereocenters. The lowest BCUT2D eigenvalue weighted by molar-refractivity contribution is -0.384. The minimum absolute atomic E-state index is 0.0117. The zero-order valence-electron chi connectivity index (χ0n) is 11.0. The van der Waals surface area contributed by atoms with E-state index in [-0.39, 0.29) is 5.69 Å². The summed E-state index contributed by atoms with van der Waals surface area (Å²) in [6.45, 7) is 0. The van der Waals surface area contributed by atoms with Crippen LogP contribution in [-0.4, -0.2) is 24.3 Å². The number of nitro groups is 1. The number of hydrogen-bond donors (Lipinski definition) is 0. The molecule has 0 amide bonds. The zero-order valence-corrected chi connectivity index (χ0v) is 11.0. The van der Waals surface area contributed by atoms with E-state index in [9.17, 15) is 14.9 Å². The molecule has 1 aliphatic rings. The molecule has 0 saturated heterocycles. The number of nitro benzene ring substituents is 1. The maximum Gasteiger partial charge on any atom is 0.293 e. The van der Waals surface area contributed by atoms with E-state index in [1.807, 2.05) is 11.9 Å². The Kier molecular flexibility index (Phi) is 4.14. The van der Waals surface area contributed by atoms with E-state index >= 15 is 0 Å². The zero-order chi connectivity index (χ0) is 13.8. The number of anilines is 1. The number of carbonyl (C=O) groups is 1. The van der Waals surface area contributed by atoms with E-state index in [0.717, 1.165) is 12.8 Å². The van der Waals surface area contributed by atoms with Crippen LogP contribution in [0.3, 0.4) is 0 Å². The molecule has 0 heterocycles. The van der Waals surface area contributed by atoms with Crippen molar-refractivity contribution in [3.05, 3.63) is 33.9 Å². The normalized spacial score (nSPS) is 16.1. The van der Waals surface area contributed by atoms with Gasteiger partial charge in [0.2, 0.25) is 0 Å². The third-order valence-corrected chi connectivity index (χ3v) is 3.83. The topological polar surface area (TPSA) is 63.5 Å². The Balaban J connectivity index is 2.31. The van der Waals surface area contributed by atoms with Gasteiger partial charge in [-0.1, -0.05) is 19.3 Å². The van der Waals surface area contributed by atoms with Crippen molar-refractivity contribution < 1.29 is 9.72 Å². The lowest BCUT2D eigenvalue weighted by Gasteiger charge is -2.32. The summed E-state index contributed by atoms with van der Waals surface area (Å²) in [5.41, 5.74) is 0.952. The molecule has 5 nitrogen and oxygen atoms in total. The first-order chi connectivity index (χ1) is 9.13. The minimum atomic E-state index is -0.415. The van der Waals surface area contributed by atoms with Crippen LogP contribution in [0.15, 0.2) is 18.2 Å². The van der Waals surface area contributed by atoms with Crippen LogP contribution >= 0.6 is 0 Å². The first-order valence-electron chi connectivity index (χ1n) is 6.60. The van der Waals surface area contributed by atoms with Gasteiger partial charge in [-0.05, 0) is 25.0 Å². The van der Waals surface area contributed by atoms with Crippen molar-refractivity contribution in [2.45, 2.75) is 38.1 Å². The predicted molar refractivity (Wildman–Crippen MR) is 73.8 cm³/mol. The van der Waals surface area contributed by atoms with Gasteiger partial charge in [-0.25, -0.2) is 0 Å². The summed E-state index contributed by atoms with van der Waals surface area (Å²) in [6, 6.07) is 5.02. The molecule has 1 saturated carbocycles. The van der Waals surface area contributed by atoms with E-state index in [1.54, 1.807) is 12.1 Å². The van der Waals surface area contributed by atoms with Crippen LogP contribution in [-0.2, 0) is 0 Å². The third-order valence-electron chi connectivity index (χ3n) is 3.83. The monoisotopic (exact) mass is 262 g/mol. The molecular formula is C14H18N2O3. The fourth-order valence-electron chi connectivity index (χ4n) is 2.72. The summed E-state index contributed by atoms with van der Waals surface area (Å²) in [7, 11) is 1.90. The van der Waals surface area contributed by atoms with Crippen LogP contribution in [0, 0.1) is 10.1 Å². The lowest BCUT2D eigenvalue weighted by atomic mass is 9.94. The molecule has 5 heteroatoms. The molecule has 1 aromatic rings. The molecule has 0 aliphatic heterocycles. The SMILES string of the molecule is CN(c1ccc(C=O)cc1[N+](=O)[O-])C1CCCCC1. The molecular weight excluding hydrogens is 244 g/mol. The summed E-state index contributed by atoms with van der Waals surface area (Å²) in [6.07, 6.45) is 6.38. The van der Waals surface area contributed by atoms with Gasteiger partial charge in [0.05, 0.1) is 4.92 Å². The molecule has 0 unspecified atom stereocenters. The Morgan fingerprint density at radius 1 is 1.32 bits per heavy atom. The molecule has 0 aromatic heterocycles. The molecule has 1 fully saturated rings. The summed E-state index contributed by atoms with van der Waals surface area (Å²) < 4.78 is 0. The second kappa shape index (κ2) is 5.82. The second-order valence-electron chi connectivity index (χ2n) is 5.03. The summed E-state index contributed by atoms with van der Waals surface area (Å²) >= 11 is 0. The summed E-state index contributed by atoms with van der Waals surface area (Å²) in [4.78, 5) is 23.4. The van der Waals surface area contributed by atoms with Crippen LogP contribution in [0.2, 0.25) is 0 Å². The molecule has 2 rings (SSSR count). The molecule has 1 aliphatic carbocycles. The van der Waals surface area contributed by atoms with Crippen molar-refractivity contribution >= 4 is 17.7 Å². The van der Waals surface area contributed by atoms with Crippen molar-refractivity contribution in [2.75, 3.05) is 11.9 Å². The quantitative estimate of drug-likeness (QED) is 0.475. The highest BCUT2D eigenvalue weighted by Gasteiger charge is 2.24. The Morgan fingerprint density at radius 2 is 2.00 bits per heavy atom. The first-order valence-corrected chi connectivity index (χ1v) is 6.60. The van der Waals surface area contributed by atoms with Gasteiger partial charge >= 0.3 is 0 Å². The Hall–Kier alpha value is -1.91. The van der Waals surface area contributed by atoms with Gasteiger partial charge in [0.15, 0.2) is 0 Å². The van der Waals surface area contributed by atoms with Gasteiger partial charge in [0.25, 0.3) is 5.69 Å². The van der Waals surface area contributed by atoms with Crippen molar-refractivity contribution in [1.29, 1.82) is 0 Å². The fraction of sp³-hybridized carbons (Fsp3) is 0.500. The number of benzene rings is 1. The Morgan fingerprint density at radius 3 is 2.58 bits per heavy atom. The second-order valence-corrected chi connectivity index (χ2v) is 5.03. The molecule has 0 N–H and O–H groups in total. The van der Waals surface area contributed by atoms with Gasteiger partial charge in [0.1, 0.15) is 12.0 Å². The van der Waals surface area contributed by atoms with Crippen molar-refractivity contribution in [3.8, 4) is 0 Å². The molecule has 0 spiro atoms. The molecule has 0 radical (unpaired) electrons. The van der Waals surface area contributed by atoms with Gasteiger partial charge in [-0.15, -0.1) is 0 Å². The lowest BCUT2D eigenvalue weighted by Crippen LogP contribution is -2.33. The third kappa shape index (κ3) is 2.92. The predicted octanol–water partition coefficient (Wildman–Crippen LogP) is 3.18. The van der Waals surface area contributed by atoms with Crippen LogP contribution in [0.5, 0.6) is 0 Å². The van der Waals surface area contributed by atoms with Crippen LogP contribution in [0.25, 0.3) is 0 Å².